The predicted molar refractivity (Wildman–Crippen MR) is 104 cm³/mol. The van der Waals surface area contributed by atoms with Crippen LogP contribution in [0.3, 0.4) is 0 Å². The summed E-state index contributed by atoms with van der Waals surface area (Å²) in [6.45, 7) is 3.80. The van der Waals surface area contributed by atoms with Gasteiger partial charge in [0, 0.05) is 31.5 Å². The van der Waals surface area contributed by atoms with Crippen LogP contribution in [0.1, 0.15) is 31.5 Å². The lowest BCUT2D eigenvalue weighted by Gasteiger charge is -2.07. The average Bonchev–Trinajstić information content (AvgIpc) is 2.99. The SMILES string of the molecule is COCCCc1cn(-c2nc(N)ncc2F)c2cc(C#CC(C)(C)O)ncc12. The number of fused-ring (bicyclic) bond motifs is 1. The van der Waals surface area contributed by atoms with E-state index in [1.807, 2.05) is 6.20 Å². The minimum Gasteiger partial charge on any atom is -0.385 e. The summed E-state index contributed by atoms with van der Waals surface area (Å²) in [5.41, 5.74) is 6.65. The molecular formula is C20H22FN5O2. The van der Waals surface area contributed by atoms with E-state index in [1.54, 1.807) is 37.8 Å². The first-order chi connectivity index (χ1) is 13.3. The summed E-state index contributed by atoms with van der Waals surface area (Å²) in [6, 6.07) is 1.74. The number of nitrogen functional groups attached to an aromatic ring is 1. The van der Waals surface area contributed by atoms with Crippen LogP contribution >= 0.6 is 0 Å². The van der Waals surface area contributed by atoms with Crippen LogP contribution in [0.25, 0.3) is 16.7 Å². The fourth-order valence-electron chi connectivity index (χ4n) is 2.79. The van der Waals surface area contributed by atoms with Gasteiger partial charge in [0.25, 0.3) is 0 Å². The normalized spacial score (nSPS) is 11.5. The Morgan fingerprint density at radius 2 is 2.11 bits per heavy atom. The lowest BCUT2D eigenvalue weighted by atomic mass is 10.1. The smallest absolute Gasteiger partial charge is 0.222 e. The Hall–Kier alpha value is -3.02. The number of halogens is 1. The summed E-state index contributed by atoms with van der Waals surface area (Å²) in [5, 5.41) is 10.7. The summed E-state index contributed by atoms with van der Waals surface area (Å²) in [4.78, 5) is 12.1. The summed E-state index contributed by atoms with van der Waals surface area (Å²) in [5.74, 6) is 5.03. The highest BCUT2D eigenvalue weighted by Gasteiger charge is 2.16. The Labute approximate surface area is 162 Å². The first-order valence-corrected chi connectivity index (χ1v) is 8.81. The van der Waals surface area contributed by atoms with Gasteiger partial charge in [-0.15, -0.1) is 0 Å². The number of hydrogen-bond donors (Lipinski definition) is 2. The van der Waals surface area contributed by atoms with Crippen molar-refractivity contribution >= 4 is 16.9 Å². The largest absolute Gasteiger partial charge is 0.385 e. The summed E-state index contributed by atoms with van der Waals surface area (Å²) in [6.07, 6.45) is 6.11. The van der Waals surface area contributed by atoms with Crippen LogP contribution in [0.2, 0.25) is 0 Å². The number of aromatic nitrogens is 4. The summed E-state index contributed by atoms with van der Waals surface area (Å²) >= 11 is 0. The number of aliphatic hydroxyl groups is 1. The van der Waals surface area contributed by atoms with E-state index in [1.165, 1.54) is 0 Å². The number of nitrogens with two attached hydrogens (primary N) is 1. The molecule has 0 radical (unpaired) electrons. The second-order valence-electron chi connectivity index (χ2n) is 6.92. The monoisotopic (exact) mass is 383 g/mol. The van der Waals surface area contributed by atoms with Crippen molar-refractivity contribution in [1.29, 1.82) is 0 Å². The molecule has 0 fully saturated rings. The van der Waals surface area contributed by atoms with Crippen LogP contribution in [0.4, 0.5) is 10.3 Å². The van der Waals surface area contributed by atoms with Gasteiger partial charge in [-0.05, 0) is 44.2 Å². The van der Waals surface area contributed by atoms with E-state index in [0.717, 1.165) is 30.0 Å². The maximum absolute atomic E-state index is 14.4. The number of anilines is 1. The molecule has 0 aromatic carbocycles. The molecule has 7 nitrogen and oxygen atoms in total. The Morgan fingerprint density at radius 1 is 1.32 bits per heavy atom. The van der Waals surface area contributed by atoms with Crippen LogP contribution in [-0.4, -0.2) is 43.9 Å². The number of rotatable bonds is 5. The van der Waals surface area contributed by atoms with Gasteiger partial charge in [0.05, 0.1) is 11.7 Å². The quantitative estimate of drug-likeness (QED) is 0.518. The first kappa shape index (κ1) is 19.7. The topological polar surface area (TPSA) is 99.1 Å². The molecule has 0 aliphatic carbocycles. The molecule has 0 spiro atoms. The molecule has 3 rings (SSSR count). The van der Waals surface area contributed by atoms with Crippen molar-refractivity contribution in [2.24, 2.45) is 0 Å². The molecular weight excluding hydrogens is 361 g/mol. The zero-order valence-electron chi connectivity index (χ0n) is 16.0. The molecule has 28 heavy (non-hydrogen) atoms. The van der Waals surface area contributed by atoms with E-state index in [-0.39, 0.29) is 11.8 Å². The highest BCUT2D eigenvalue weighted by atomic mass is 19.1. The molecule has 0 unspecified atom stereocenters. The van der Waals surface area contributed by atoms with Gasteiger partial charge < -0.3 is 15.6 Å². The molecule has 0 atom stereocenters. The van der Waals surface area contributed by atoms with Crippen molar-refractivity contribution < 1.29 is 14.2 Å². The Bertz CT molecular complexity index is 1060. The van der Waals surface area contributed by atoms with Crippen molar-refractivity contribution in [3.8, 4) is 17.7 Å². The average molecular weight is 383 g/mol. The van der Waals surface area contributed by atoms with E-state index in [2.05, 4.69) is 26.8 Å². The molecule has 8 heteroatoms. The second-order valence-corrected chi connectivity index (χ2v) is 6.92. The maximum Gasteiger partial charge on any atom is 0.222 e. The van der Waals surface area contributed by atoms with Gasteiger partial charge in [-0.25, -0.2) is 14.4 Å². The third-order valence-corrected chi connectivity index (χ3v) is 4.04. The molecule has 0 bridgehead atoms. The van der Waals surface area contributed by atoms with Crippen molar-refractivity contribution in [1.82, 2.24) is 19.5 Å². The Balaban J connectivity index is 2.16. The summed E-state index contributed by atoms with van der Waals surface area (Å²) in [7, 11) is 1.65. The van der Waals surface area contributed by atoms with Gasteiger partial charge in [-0.1, -0.05) is 5.92 Å². The van der Waals surface area contributed by atoms with Gasteiger partial charge >= 0.3 is 0 Å². The van der Waals surface area contributed by atoms with E-state index in [9.17, 15) is 9.50 Å². The summed E-state index contributed by atoms with van der Waals surface area (Å²) < 4.78 is 21.2. The van der Waals surface area contributed by atoms with E-state index in [0.29, 0.717) is 17.8 Å². The van der Waals surface area contributed by atoms with Crippen LogP contribution in [0.5, 0.6) is 0 Å². The van der Waals surface area contributed by atoms with E-state index < -0.39 is 11.4 Å². The molecule has 3 aromatic heterocycles. The zero-order valence-corrected chi connectivity index (χ0v) is 16.0. The fourth-order valence-corrected chi connectivity index (χ4v) is 2.79. The molecule has 0 amide bonds. The van der Waals surface area contributed by atoms with E-state index >= 15 is 0 Å². The minimum absolute atomic E-state index is 0.0183. The van der Waals surface area contributed by atoms with Crippen LogP contribution in [-0.2, 0) is 11.2 Å². The Kier molecular flexibility index (Phi) is 5.58. The number of ether oxygens (including phenoxy) is 1. The van der Waals surface area contributed by atoms with Crippen molar-refractivity contribution in [3.05, 3.63) is 41.7 Å². The molecule has 3 aromatic rings. The van der Waals surface area contributed by atoms with Crippen molar-refractivity contribution in [3.63, 3.8) is 0 Å². The Morgan fingerprint density at radius 3 is 2.82 bits per heavy atom. The third kappa shape index (κ3) is 4.44. The molecule has 3 heterocycles. The minimum atomic E-state index is -1.14. The lowest BCUT2D eigenvalue weighted by molar-refractivity contribution is 0.143. The zero-order chi connectivity index (χ0) is 20.3. The van der Waals surface area contributed by atoms with Crippen molar-refractivity contribution in [2.45, 2.75) is 32.3 Å². The van der Waals surface area contributed by atoms with Gasteiger partial charge in [-0.2, -0.15) is 4.98 Å². The standard InChI is InChI=1S/C20H22FN5O2/c1-20(2,27)7-6-14-9-17-15(10-23-14)13(5-4-8-28-3)12-26(17)18-16(21)11-24-19(22)25-18/h9-12,27H,4-5,8H2,1-3H3,(H2,22,24,25). The van der Waals surface area contributed by atoms with Crippen LogP contribution in [0.15, 0.2) is 24.7 Å². The number of methoxy groups -OCH3 is 1. The molecule has 0 aliphatic rings. The van der Waals surface area contributed by atoms with Crippen LogP contribution in [0, 0.1) is 17.7 Å². The van der Waals surface area contributed by atoms with Crippen LogP contribution < -0.4 is 5.73 Å². The number of pyridine rings is 1. The highest BCUT2D eigenvalue weighted by Crippen LogP contribution is 2.26. The lowest BCUT2D eigenvalue weighted by Crippen LogP contribution is -2.14. The third-order valence-electron chi connectivity index (χ3n) is 4.04. The maximum atomic E-state index is 14.4. The number of nitrogens with zero attached hydrogens (tertiary/aromatic N) is 4. The number of hydrogen-bond acceptors (Lipinski definition) is 6. The van der Waals surface area contributed by atoms with Crippen molar-refractivity contribution in [2.75, 3.05) is 19.5 Å². The van der Waals surface area contributed by atoms with Gasteiger partial charge in [0.1, 0.15) is 11.3 Å². The molecule has 0 aliphatic heterocycles. The number of aryl methyl sites for hydroxylation is 1. The molecule has 146 valence electrons. The van der Waals surface area contributed by atoms with Gasteiger partial charge in [0.2, 0.25) is 5.95 Å². The fraction of sp³-hybridized carbons (Fsp3) is 0.350. The molecule has 3 N–H and O–H groups in total. The van der Waals surface area contributed by atoms with Gasteiger partial charge in [0.15, 0.2) is 11.6 Å². The molecule has 0 saturated heterocycles. The van der Waals surface area contributed by atoms with E-state index in [4.69, 9.17) is 10.5 Å². The molecule has 0 saturated carbocycles. The second kappa shape index (κ2) is 7.92. The predicted octanol–water partition coefficient (Wildman–Crippen LogP) is 2.24. The first-order valence-electron chi connectivity index (χ1n) is 8.81. The van der Waals surface area contributed by atoms with Gasteiger partial charge in [-0.3, -0.25) is 4.57 Å². The highest BCUT2D eigenvalue weighted by molar-refractivity contribution is 5.85.